The van der Waals surface area contributed by atoms with Crippen molar-refractivity contribution in [3.8, 4) is 0 Å². The fraction of sp³-hybridized carbons (Fsp3) is 0.538. The summed E-state index contributed by atoms with van der Waals surface area (Å²) >= 11 is 3.47. The summed E-state index contributed by atoms with van der Waals surface area (Å²) in [7, 11) is 0. The first-order chi connectivity index (χ1) is 9.20. The number of ether oxygens (including phenoxy) is 1. The number of amides is 1. The third kappa shape index (κ3) is 3.98. The molecule has 2 rings (SSSR count). The molecular weight excluding hydrogens is 282 g/mol. The first-order valence-electron chi connectivity index (χ1n) is 6.34. The van der Waals surface area contributed by atoms with Crippen LogP contribution in [0.15, 0.2) is 6.07 Å². The molecule has 6 heteroatoms. The van der Waals surface area contributed by atoms with Crippen LogP contribution < -0.4 is 5.32 Å². The van der Waals surface area contributed by atoms with Crippen LogP contribution in [-0.4, -0.2) is 30.8 Å². The lowest BCUT2D eigenvalue weighted by Crippen LogP contribution is -2.25. The van der Waals surface area contributed by atoms with E-state index in [4.69, 9.17) is 4.74 Å². The smallest absolute Gasteiger partial charge is 0.307 e. The minimum absolute atomic E-state index is 0.0892. The second-order valence-corrected chi connectivity index (χ2v) is 6.41. The summed E-state index contributed by atoms with van der Waals surface area (Å²) < 4.78 is 4.81. The van der Waals surface area contributed by atoms with Crippen LogP contribution in [0, 0.1) is 0 Å². The summed E-state index contributed by atoms with van der Waals surface area (Å²) in [6.45, 7) is 2.47. The summed E-state index contributed by atoms with van der Waals surface area (Å²) in [5.74, 6) is 1.78. The Hall–Kier alpha value is -1.01. The van der Waals surface area contributed by atoms with Crippen LogP contribution in [-0.2, 0) is 21.7 Å². The maximum atomic E-state index is 11.9. The molecule has 0 aliphatic carbocycles. The number of fused-ring (bicyclic) bond motifs is 1. The van der Waals surface area contributed by atoms with E-state index in [1.165, 1.54) is 10.4 Å². The second kappa shape index (κ2) is 6.96. The quantitative estimate of drug-likeness (QED) is 0.847. The molecule has 1 N–H and O–H groups in total. The van der Waals surface area contributed by atoms with Crippen LogP contribution in [0.25, 0.3) is 0 Å². The SMILES string of the molecule is CCOC(=O)CCNC(=O)c1cc2c(s1)CCSC2. The molecule has 1 aliphatic heterocycles. The molecule has 19 heavy (non-hydrogen) atoms. The molecule has 0 aromatic carbocycles. The highest BCUT2D eigenvalue weighted by atomic mass is 32.2. The second-order valence-electron chi connectivity index (χ2n) is 4.17. The van der Waals surface area contributed by atoms with Gasteiger partial charge in [0.25, 0.3) is 5.91 Å². The van der Waals surface area contributed by atoms with Crippen molar-refractivity contribution in [1.82, 2.24) is 5.32 Å². The molecule has 0 saturated carbocycles. The topological polar surface area (TPSA) is 55.4 Å². The standard InChI is InChI=1S/C13H17NO3S2/c1-2-17-12(15)3-5-14-13(16)11-7-9-8-18-6-4-10(9)19-11/h7H,2-6,8H2,1H3,(H,14,16). The Morgan fingerprint density at radius 2 is 2.32 bits per heavy atom. The number of carbonyl (C=O) groups is 2. The van der Waals surface area contributed by atoms with E-state index in [-0.39, 0.29) is 18.3 Å². The van der Waals surface area contributed by atoms with Crippen LogP contribution in [0.2, 0.25) is 0 Å². The molecule has 0 unspecified atom stereocenters. The molecule has 2 heterocycles. The van der Waals surface area contributed by atoms with Gasteiger partial charge in [0.05, 0.1) is 17.9 Å². The molecule has 104 valence electrons. The number of esters is 1. The summed E-state index contributed by atoms with van der Waals surface area (Å²) in [6, 6.07) is 1.98. The Kier molecular flexibility index (Phi) is 5.27. The minimum Gasteiger partial charge on any atom is -0.466 e. The van der Waals surface area contributed by atoms with Crippen molar-refractivity contribution in [2.45, 2.75) is 25.5 Å². The Labute approximate surface area is 120 Å². The lowest BCUT2D eigenvalue weighted by atomic mass is 10.2. The molecular formula is C13H17NO3S2. The monoisotopic (exact) mass is 299 g/mol. The maximum absolute atomic E-state index is 11.9. The molecule has 0 bridgehead atoms. The van der Waals surface area contributed by atoms with Crippen LogP contribution >= 0.6 is 23.1 Å². The van der Waals surface area contributed by atoms with E-state index >= 15 is 0 Å². The maximum Gasteiger partial charge on any atom is 0.307 e. The number of hydrogen-bond acceptors (Lipinski definition) is 5. The van der Waals surface area contributed by atoms with Gasteiger partial charge in [0.1, 0.15) is 0 Å². The van der Waals surface area contributed by atoms with Crippen molar-refractivity contribution in [2.75, 3.05) is 18.9 Å². The number of nitrogens with one attached hydrogen (secondary N) is 1. The number of rotatable bonds is 5. The van der Waals surface area contributed by atoms with Gasteiger partial charge in [-0.1, -0.05) is 0 Å². The van der Waals surface area contributed by atoms with E-state index < -0.39 is 0 Å². The Morgan fingerprint density at radius 3 is 3.05 bits per heavy atom. The molecule has 1 aliphatic rings. The number of carbonyl (C=O) groups excluding carboxylic acids is 2. The van der Waals surface area contributed by atoms with Gasteiger partial charge in [-0.25, -0.2) is 0 Å². The predicted octanol–water partition coefficient (Wildman–Crippen LogP) is 2.22. The molecule has 0 radical (unpaired) electrons. The van der Waals surface area contributed by atoms with Gasteiger partial charge in [-0.15, -0.1) is 11.3 Å². The van der Waals surface area contributed by atoms with Gasteiger partial charge in [0.15, 0.2) is 0 Å². The average Bonchev–Trinajstić information content (AvgIpc) is 2.82. The molecule has 1 aromatic heterocycles. The van der Waals surface area contributed by atoms with Crippen molar-refractivity contribution in [3.05, 3.63) is 21.4 Å². The van der Waals surface area contributed by atoms with Gasteiger partial charge in [-0.2, -0.15) is 11.8 Å². The minimum atomic E-state index is -0.273. The van der Waals surface area contributed by atoms with E-state index in [1.807, 2.05) is 17.8 Å². The fourth-order valence-electron chi connectivity index (χ4n) is 1.86. The zero-order valence-corrected chi connectivity index (χ0v) is 12.5. The largest absolute Gasteiger partial charge is 0.466 e. The van der Waals surface area contributed by atoms with E-state index in [0.717, 1.165) is 22.8 Å². The molecule has 4 nitrogen and oxygen atoms in total. The van der Waals surface area contributed by atoms with Gasteiger partial charge in [0, 0.05) is 17.2 Å². The number of thioether (sulfide) groups is 1. The van der Waals surface area contributed by atoms with Crippen molar-refractivity contribution in [3.63, 3.8) is 0 Å². The highest BCUT2D eigenvalue weighted by Crippen LogP contribution is 2.31. The lowest BCUT2D eigenvalue weighted by molar-refractivity contribution is -0.142. The zero-order valence-electron chi connectivity index (χ0n) is 10.9. The van der Waals surface area contributed by atoms with Crippen molar-refractivity contribution in [2.24, 2.45) is 0 Å². The number of aryl methyl sites for hydroxylation is 1. The molecule has 0 spiro atoms. The zero-order chi connectivity index (χ0) is 13.7. The van der Waals surface area contributed by atoms with E-state index in [9.17, 15) is 9.59 Å². The molecule has 1 aromatic rings. The molecule has 0 atom stereocenters. The van der Waals surface area contributed by atoms with Gasteiger partial charge in [-0.3, -0.25) is 9.59 Å². The highest BCUT2D eigenvalue weighted by molar-refractivity contribution is 7.98. The molecule has 0 fully saturated rings. The van der Waals surface area contributed by atoms with Crippen LogP contribution in [0.3, 0.4) is 0 Å². The molecule has 0 saturated heterocycles. The van der Waals surface area contributed by atoms with E-state index in [2.05, 4.69) is 5.32 Å². The van der Waals surface area contributed by atoms with E-state index in [0.29, 0.717) is 13.2 Å². The summed E-state index contributed by atoms with van der Waals surface area (Å²) in [5, 5.41) is 2.76. The van der Waals surface area contributed by atoms with E-state index in [1.54, 1.807) is 18.3 Å². The van der Waals surface area contributed by atoms with Crippen LogP contribution in [0.5, 0.6) is 0 Å². The highest BCUT2D eigenvalue weighted by Gasteiger charge is 2.17. The Bertz CT molecular complexity index is 447. The van der Waals surface area contributed by atoms with Crippen LogP contribution in [0.1, 0.15) is 33.5 Å². The van der Waals surface area contributed by atoms with Crippen molar-refractivity contribution < 1.29 is 14.3 Å². The number of hydrogen-bond donors (Lipinski definition) is 1. The van der Waals surface area contributed by atoms with Crippen molar-refractivity contribution >= 4 is 35.0 Å². The summed E-state index contributed by atoms with van der Waals surface area (Å²) in [4.78, 5) is 25.2. The third-order valence-electron chi connectivity index (χ3n) is 2.77. The summed E-state index contributed by atoms with van der Waals surface area (Å²) in [6.07, 6.45) is 1.28. The van der Waals surface area contributed by atoms with Gasteiger partial charge in [0.2, 0.25) is 0 Å². The Balaban J connectivity index is 1.83. The van der Waals surface area contributed by atoms with Crippen molar-refractivity contribution in [1.29, 1.82) is 0 Å². The van der Waals surface area contributed by atoms with Crippen LogP contribution in [0.4, 0.5) is 0 Å². The normalized spacial score (nSPS) is 13.7. The third-order valence-corrected chi connectivity index (χ3v) is 5.02. The summed E-state index contributed by atoms with van der Waals surface area (Å²) in [5.41, 5.74) is 1.29. The van der Waals surface area contributed by atoms with Gasteiger partial charge >= 0.3 is 5.97 Å². The molecule has 1 amide bonds. The first kappa shape index (κ1) is 14.4. The average molecular weight is 299 g/mol. The fourth-order valence-corrected chi connectivity index (χ4v) is 4.15. The first-order valence-corrected chi connectivity index (χ1v) is 8.31. The Morgan fingerprint density at radius 1 is 1.47 bits per heavy atom. The predicted molar refractivity (Wildman–Crippen MR) is 77.8 cm³/mol. The lowest BCUT2D eigenvalue weighted by Gasteiger charge is -2.08. The number of thiophene rings is 1. The van der Waals surface area contributed by atoms with Gasteiger partial charge in [-0.05, 0) is 30.7 Å². The van der Waals surface area contributed by atoms with Gasteiger partial charge < -0.3 is 10.1 Å².